The zero-order valence-corrected chi connectivity index (χ0v) is 16.9. The van der Waals surface area contributed by atoms with Crippen molar-refractivity contribution in [2.75, 3.05) is 0 Å². The number of phenols is 1. The number of aromatic nitrogens is 1. The molecule has 1 atom stereocenters. The third-order valence-electron chi connectivity index (χ3n) is 5.03. The van der Waals surface area contributed by atoms with Gasteiger partial charge in [-0.15, -0.1) is 0 Å². The standard InChI is InChI=1S/C23H18N4O2S/c1-13-20(21(27-23(30)25-13)14-7-3-2-4-8-14)18-11-16(17(12-24)22(29)26-18)15-9-5-6-10-19(15)28/h2-11,21,28H,1H3,(H,26,29)(H2,25,27,30). The summed E-state index contributed by atoms with van der Waals surface area (Å²) in [4.78, 5) is 15.6. The zero-order valence-electron chi connectivity index (χ0n) is 16.1. The van der Waals surface area contributed by atoms with Crippen molar-refractivity contribution in [2.45, 2.75) is 13.0 Å². The Morgan fingerprint density at radius 3 is 2.47 bits per heavy atom. The normalized spacial score (nSPS) is 15.9. The maximum Gasteiger partial charge on any atom is 0.266 e. The number of nitriles is 1. The average molecular weight is 414 g/mol. The van der Waals surface area contributed by atoms with Crippen LogP contribution in [0.4, 0.5) is 0 Å². The number of nitrogens with zero attached hydrogens (tertiary/aromatic N) is 1. The van der Waals surface area contributed by atoms with Gasteiger partial charge in [0, 0.05) is 28.1 Å². The van der Waals surface area contributed by atoms with Gasteiger partial charge in [-0.3, -0.25) is 4.79 Å². The monoisotopic (exact) mass is 414 g/mol. The van der Waals surface area contributed by atoms with E-state index < -0.39 is 5.56 Å². The molecule has 1 aromatic heterocycles. The van der Waals surface area contributed by atoms with Crippen molar-refractivity contribution in [3.63, 3.8) is 0 Å². The van der Waals surface area contributed by atoms with Crippen LogP contribution in [-0.2, 0) is 0 Å². The van der Waals surface area contributed by atoms with Gasteiger partial charge in [0.2, 0.25) is 0 Å². The van der Waals surface area contributed by atoms with Crippen LogP contribution in [0.2, 0.25) is 0 Å². The molecule has 2 heterocycles. The second-order valence-electron chi connectivity index (χ2n) is 6.91. The van der Waals surface area contributed by atoms with Crippen molar-refractivity contribution in [1.82, 2.24) is 15.6 Å². The van der Waals surface area contributed by atoms with E-state index in [1.165, 1.54) is 6.07 Å². The van der Waals surface area contributed by atoms with Crippen LogP contribution < -0.4 is 16.2 Å². The van der Waals surface area contributed by atoms with Gasteiger partial charge in [0.1, 0.15) is 17.4 Å². The lowest BCUT2D eigenvalue weighted by atomic mass is 9.91. The van der Waals surface area contributed by atoms with E-state index >= 15 is 0 Å². The van der Waals surface area contributed by atoms with E-state index in [4.69, 9.17) is 12.2 Å². The van der Waals surface area contributed by atoms with Crippen LogP contribution >= 0.6 is 12.2 Å². The van der Waals surface area contributed by atoms with Crippen molar-refractivity contribution in [3.05, 3.63) is 93.5 Å². The third kappa shape index (κ3) is 3.45. The fourth-order valence-electron chi connectivity index (χ4n) is 3.68. The number of nitrogens with one attached hydrogen (secondary N) is 3. The molecule has 0 saturated heterocycles. The maximum atomic E-state index is 12.8. The number of para-hydroxylation sites is 1. The van der Waals surface area contributed by atoms with Gasteiger partial charge < -0.3 is 20.7 Å². The van der Waals surface area contributed by atoms with Crippen LogP contribution in [0.5, 0.6) is 5.75 Å². The fourth-order valence-corrected chi connectivity index (χ4v) is 3.95. The van der Waals surface area contributed by atoms with E-state index in [1.54, 1.807) is 24.3 Å². The van der Waals surface area contributed by atoms with Gasteiger partial charge in [-0.05, 0) is 36.8 Å². The van der Waals surface area contributed by atoms with Crippen LogP contribution in [0, 0.1) is 11.3 Å². The van der Waals surface area contributed by atoms with E-state index in [9.17, 15) is 15.2 Å². The minimum atomic E-state index is -0.520. The molecule has 0 amide bonds. The first-order chi connectivity index (χ1) is 14.5. The molecule has 1 aliphatic rings. The number of hydrogen-bond donors (Lipinski definition) is 4. The van der Waals surface area contributed by atoms with Crippen molar-refractivity contribution in [2.24, 2.45) is 0 Å². The van der Waals surface area contributed by atoms with E-state index in [2.05, 4.69) is 15.6 Å². The largest absolute Gasteiger partial charge is 0.507 e. The van der Waals surface area contributed by atoms with E-state index in [0.29, 0.717) is 21.9 Å². The molecule has 4 rings (SSSR count). The van der Waals surface area contributed by atoms with Crippen LogP contribution in [-0.4, -0.2) is 15.2 Å². The van der Waals surface area contributed by atoms with Crippen molar-refractivity contribution in [3.8, 4) is 22.9 Å². The molecule has 1 aliphatic heterocycles. The summed E-state index contributed by atoms with van der Waals surface area (Å²) < 4.78 is 0. The molecule has 2 aromatic carbocycles. The molecule has 7 heteroatoms. The van der Waals surface area contributed by atoms with Gasteiger partial charge in [-0.25, -0.2) is 0 Å². The number of hydrogen-bond acceptors (Lipinski definition) is 4. The molecule has 0 bridgehead atoms. The van der Waals surface area contributed by atoms with Gasteiger partial charge in [-0.2, -0.15) is 5.26 Å². The number of rotatable bonds is 3. The van der Waals surface area contributed by atoms with Crippen LogP contribution in [0.25, 0.3) is 16.7 Å². The summed E-state index contributed by atoms with van der Waals surface area (Å²) in [5.74, 6) is -0.00284. The number of benzene rings is 2. The molecule has 148 valence electrons. The topological polar surface area (TPSA) is 101 Å². The fraction of sp³-hybridized carbons (Fsp3) is 0.0870. The Kier molecular flexibility index (Phi) is 5.09. The first-order valence-corrected chi connectivity index (χ1v) is 9.70. The minimum absolute atomic E-state index is 0.00284. The Morgan fingerprint density at radius 1 is 1.07 bits per heavy atom. The molecule has 1 unspecified atom stereocenters. The van der Waals surface area contributed by atoms with E-state index in [-0.39, 0.29) is 17.4 Å². The summed E-state index contributed by atoms with van der Waals surface area (Å²) in [5, 5.41) is 26.7. The third-order valence-corrected chi connectivity index (χ3v) is 5.25. The second kappa shape index (κ2) is 7.85. The van der Waals surface area contributed by atoms with Crippen molar-refractivity contribution >= 4 is 22.9 Å². The molecule has 0 aliphatic carbocycles. The quantitative estimate of drug-likeness (QED) is 0.489. The number of thiocarbonyl (C=S) groups is 1. The lowest BCUT2D eigenvalue weighted by molar-refractivity contribution is 0.477. The summed E-state index contributed by atoms with van der Waals surface area (Å²) in [5.41, 5.74) is 3.31. The minimum Gasteiger partial charge on any atom is -0.507 e. The first-order valence-electron chi connectivity index (χ1n) is 9.29. The lowest BCUT2D eigenvalue weighted by Crippen LogP contribution is -2.43. The Morgan fingerprint density at radius 2 is 1.77 bits per heavy atom. The second-order valence-corrected chi connectivity index (χ2v) is 7.32. The number of allylic oxidation sites excluding steroid dienone is 1. The Bertz CT molecular complexity index is 1270. The van der Waals surface area contributed by atoms with Gasteiger partial charge in [-0.1, -0.05) is 48.5 Å². The maximum absolute atomic E-state index is 12.8. The summed E-state index contributed by atoms with van der Waals surface area (Å²) in [7, 11) is 0. The van der Waals surface area contributed by atoms with Gasteiger partial charge in [0.15, 0.2) is 5.11 Å². The highest BCUT2D eigenvalue weighted by Gasteiger charge is 2.28. The highest BCUT2D eigenvalue weighted by atomic mass is 32.1. The molecule has 0 saturated carbocycles. The van der Waals surface area contributed by atoms with Crippen molar-refractivity contribution in [1.29, 1.82) is 5.26 Å². The highest BCUT2D eigenvalue weighted by Crippen LogP contribution is 2.36. The molecule has 6 nitrogen and oxygen atoms in total. The molecule has 30 heavy (non-hydrogen) atoms. The average Bonchev–Trinajstić information content (AvgIpc) is 2.73. The summed E-state index contributed by atoms with van der Waals surface area (Å²) in [6, 6.07) is 19.8. The van der Waals surface area contributed by atoms with Crippen LogP contribution in [0.1, 0.15) is 29.8 Å². The number of H-pyrrole nitrogens is 1. The molecule has 0 radical (unpaired) electrons. The Balaban J connectivity index is 1.96. The number of pyridine rings is 1. The predicted octanol–water partition coefficient (Wildman–Crippen LogP) is 3.57. The molecule has 0 fully saturated rings. The smallest absolute Gasteiger partial charge is 0.266 e. The van der Waals surface area contributed by atoms with Gasteiger partial charge in [0.25, 0.3) is 5.56 Å². The zero-order chi connectivity index (χ0) is 21.3. The predicted molar refractivity (Wildman–Crippen MR) is 120 cm³/mol. The number of aromatic amines is 1. The van der Waals surface area contributed by atoms with Gasteiger partial charge >= 0.3 is 0 Å². The van der Waals surface area contributed by atoms with Crippen LogP contribution in [0.3, 0.4) is 0 Å². The summed E-state index contributed by atoms with van der Waals surface area (Å²) in [6.45, 7) is 1.88. The molecule has 3 aromatic rings. The van der Waals surface area contributed by atoms with Gasteiger partial charge in [0.05, 0.1) is 6.04 Å². The molecule has 4 N–H and O–H groups in total. The molecular weight excluding hydrogens is 396 g/mol. The Hall–Kier alpha value is -3.89. The molecular formula is C23H18N4O2S. The Labute approximate surface area is 178 Å². The highest BCUT2D eigenvalue weighted by molar-refractivity contribution is 7.80. The lowest BCUT2D eigenvalue weighted by Gasteiger charge is -2.31. The van der Waals surface area contributed by atoms with E-state index in [0.717, 1.165) is 16.8 Å². The summed E-state index contributed by atoms with van der Waals surface area (Å²) >= 11 is 5.34. The summed E-state index contributed by atoms with van der Waals surface area (Å²) in [6.07, 6.45) is 0. The van der Waals surface area contributed by atoms with Crippen LogP contribution in [0.15, 0.2) is 71.2 Å². The van der Waals surface area contributed by atoms with E-state index in [1.807, 2.05) is 43.3 Å². The first kappa shape index (κ1) is 19.4. The van der Waals surface area contributed by atoms with Crippen molar-refractivity contribution < 1.29 is 5.11 Å². The SMILES string of the molecule is CC1=C(c2cc(-c3ccccc3O)c(C#N)c(=O)[nH]2)C(c2ccccc2)NC(=S)N1. The number of aromatic hydroxyl groups is 1. The number of phenolic OH excluding ortho intramolecular Hbond substituents is 1. The molecule has 0 spiro atoms.